The Morgan fingerprint density at radius 1 is 1.21 bits per heavy atom. The van der Waals surface area contributed by atoms with Gasteiger partial charge in [-0.2, -0.15) is 0 Å². The number of fused-ring (bicyclic) bond motifs is 1. The lowest BCUT2D eigenvalue weighted by atomic mass is 10.2. The van der Waals surface area contributed by atoms with Gasteiger partial charge in [0.05, 0.1) is 18.3 Å². The van der Waals surface area contributed by atoms with E-state index in [1.165, 1.54) is 0 Å². The number of carbonyl (C=O) groups is 1. The molecule has 2 fully saturated rings. The molecule has 0 spiro atoms. The van der Waals surface area contributed by atoms with Crippen LogP contribution >= 0.6 is 11.6 Å². The van der Waals surface area contributed by atoms with Crippen molar-refractivity contribution < 1.29 is 9.21 Å². The molecule has 0 aliphatic heterocycles. The molecule has 0 saturated heterocycles. The fraction of sp³-hybridized carbons (Fsp3) is 0.409. The molecule has 0 unspecified atom stereocenters. The molecule has 2 aliphatic carbocycles. The maximum Gasteiger partial charge on any atom is 0.222 e. The van der Waals surface area contributed by atoms with Crippen molar-refractivity contribution in [3.63, 3.8) is 0 Å². The maximum absolute atomic E-state index is 12.4. The van der Waals surface area contributed by atoms with Crippen LogP contribution in [0.3, 0.4) is 0 Å². The van der Waals surface area contributed by atoms with E-state index in [0.717, 1.165) is 54.0 Å². The SMILES string of the molecule is O=C(CCN(c1nc(C2CC2)nc2cc(Cl)ccc12)C1CC1)NCc1ccco1. The van der Waals surface area contributed by atoms with Gasteiger partial charge >= 0.3 is 0 Å². The van der Waals surface area contributed by atoms with Gasteiger partial charge in [0, 0.05) is 35.3 Å². The van der Waals surface area contributed by atoms with Gasteiger partial charge in [-0.1, -0.05) is 11.6 Å². The second-order valence-electron chi connectivity index (χ2n) is 7.87. The van der Waals surface area contributed by atoms with Crippen LogP contribution in [0, 0.1) is 0 Å². The summed E-state index contributed by atoms with van der Waals surface area (Å²) in [4.78, 5) is 24.4. The summed E-state index contributed by atoms with van der Waals surface area (Å²) < 4.78 is 5.27. The molecule has 29 heavy (non-hydrogen) atoms. The molecule has 2 aliphatic rings. The molecule has 2 saturated carbocycles. The van der Waals surface area contributed by atoms with E-state index in [0.29, 0.717) is 36.5 Å². The Bertz CT molecular complexity index is 1030. The fourth-order valence-corrected chi connectivity index (χ4v) is 3.77. The van der Waals surface area contributed by atoms with Gasteiger partial charge in [-0.25, -0.2) is 9.97 Å². The Labute approximate surface area is 174 Å². The molecule has 7 heteroatoms. The standard InChI is InChI=1S/C22H23ClN4O2/c23-15-5-8-18-19(12-15)25-21(14-3-4-14)26-22(18)27(16-6-7-16)10-9-20(28)24-13-17-2-1-11-29-17/h1-2,5,8,11-12,14,16H,3-4,6-7,9-10,13H2,(H,24,28). The average molecular weight is 411 g/mol. The van der Waals surface area contributed by atoms with Crippen molar-refractivity contribution in [2.75, 3.05) is 11.4 Å². The summed E-state index contributed by atoms with van der Waals surface area (Å²) in [6.45, 7) is 1.05. The molecule has 0 atom stereocenters. The molecule has 0 bridgehead atoms. The Morgan fingerprint density at radius 3 is 2.79 bits per heavy atom. The number of benzene rings is 1. The largest absolute Gasteiger partial charge is 0.467 e. The highest BCUT2D eigenvalue weighted by Crippen LogP contribution is 2.41. The second-order valence-corrected chi connectivity index (χ2v) is 8.31. The number of furan rings is 1. The summed E-state index contributed by atoms with van der Waals surface area (Å²) in [6, 6.07) is 9.91. The van der Waals surface area contributed by atoms with E-state index in [4.69, 9.17) is 26.0 Å². The molecular weight excluding hydrogens is 388 g/mol. The van der Waals surface area contributed by atoms with Crippen LogP contribution in [0.15, 0.2) is 41.0 Å². The Kier molecular flexibility index (Phi) is 4.87. The first-order chi connectivity index (χ1) is 14.2. The van der Waals surface area contributed by atoms with Crippen LogP contribution in [0.2, 0.25) is 5.02 Å². The first-order valence-electron chi connectivity index (χ1n) is 10.2. The van der Waals surface area contributed by atoms with E-state index in [-0.39, 0.29) is 5.91 Å². The molecule has 2 aromatic heterocycles. The summed E-state index contributed by atoms with van der Waals surface area (Å²) >= 11 is 6.22. The van der Waals surface area contributed by atoms with E-state index >= 15 is 0 Å². The topological polar surface area (TPSA) is 71.3 Å². The van der Waals surface area contributed by atoms with Gasteiger partial charge in [0.2, 0.25) is 5.91 Å². The molecule has 6 nitrogen and oxygen atoms in total. The highest BCUT2D eigenvalue weighted by atomic mass is 35.5. The van der Waals surface area contributed by atoms with Crippen LogP contribution < -0.4 is 10.2 Å². The number of amides is 1. The molecule has 3 aromatic rings. The lowest BCUT2D eigenvalue weighted by molar-refractivity contribution is -0.121. The third-order valence-electron chi connectivity index (χ3n) is 5.48. The van der Waals surface area contributed by atoms with Crippen LogP contribution in [-0.4, -0.2) is 28.5 Å². The number of carbonyl (C=O) groups excluding carboxylic acids is 1. The normalized spacial score (nSPS) is 16.2. The van der Waals surface area contributed by atoms with E-state index in [1.54, 1.807) is 6.26 Å². The highest BCUT2D eigenvalue weighted by molar-refractivity contribution is 6.31. The van der Waals surface area contributed by atoms with Crippen LogP contribution in [0.25, 0.3) is 10.9 Å². The van der Waals surface area contributed by atoms with Crippen LogP contribution in [-0.2, 0) is 11.3 Å². The van der Waals surface area contributed by atoms with Crippen molar-refractivity contribution in [1.29, 1.82) is 0 Å². The first-order valence-corrected chi connectivity index (χ1v) is 10.6. The summed E-state index contributed by atoms with van der Waals surface area (Å²) in [6.07, 6.45) is 6.57. The molecule has 1 amide bonds. The minimum atomic E-state index is 0.0101. The zero-order valence-electron chi connectivity index (χ0n) is 16.1. The van der Waals surface area contributed by atoms with Crippen molar-refractivity contribution in [3.05, 3.63) is 53.2 Å². The molecule has 150 valence electrons. The molecule has 1 N–H and O–H groups in total. The van der Waals surface area contributed by atoms with Crippen molar-refractivity contribution >= 4 is 34.2 Å². The maximum atomic E-state index is 12.4. The number of anilines is 1. The van der Waals surface area contributed by atoms with Crippen LogP contribution in [0.4, 0.5) is 5.82 Å². The second kappa shape index (κ2) is 7.67. The number of nitrogens with one attached hydrogen (secondary N) is 1. The molecule has 0 radical (unpaired) electrons. The van der Waals surface area contributed by atoms with Gasteiger partial charge in [-0.05, 0) is 56.0 Å². The Balaban J connectivity index is 1.36. The smallest absolute Gasteiger partial charge is 0.222 e. The lowest BCUT2D eigenvalue weighted by Gasteiger charge is -2.25. The third kappa shape index (κ3) is 4.22. The monoisotopic (exact) mass is 410 g/mol. The summed E-state index contributed by atoms with van der Waals surface area (Å²) in [5.41, 5.74) is 0.886. The minimum Gasteiger partial charge on any atom is -0.467 e. The van der Waals surface area contributed by atoms with E-state index < -0.39 is 0 Å². The average Bonchev–Trinajstić information content (AvgIpc) is 3.65. The Morgan fingerprint density at radius 2 is 2.07 bits per heavy atom. The summed E-state index contributed by atoms with van der Waals surface area (Å²) in [5, 5.41) is 4.61. The summed E-state index contributed by atoms with van der Waals surface area (Å²) in [7, 11) is 0. The van der Waals surface area contributed by atoms with Crippen molar-refractivity contribution in [3.8, 4) is 0 Å². The van der Waals surface area contributed by atoms with Gasteiger partial charge < -0.3 is 14.6 Å². The molecule has 5 rings (SSSR count). The zero-order chi connectivity index (χ0) is 19.8. The van der Waals surface area contributed by atoms with Crippen molar-refractivity contribution in [2.24, 2.45) is 0 Å². The number of hydrogen-bond acceptors (Lipinski definition) is 5. The number of halogens is 1. The quantitative estimate of drug-likeness (QED) is 0.594. The number of rotatable bonds is 8. The summed E-state index contributed by atoms with van der Waals surface area (Å²) in [5.74, 6) is 3.06. The van der Waals surface area contributed by atoms with Gasteiger partial charge in [0.1, 0.15) is 17.4 Å². The van der Waals surface area contributed by atoms with E-state index in [9.17, 15) is 4.79 Å². The minimum absolute atomic E-state index is 0.0101. The fourth-order valence-electron chi connectivity index (χ4n) is 3.60. The van der Waals surface area contributed by atoms with Crippen LogP contribution in [0.1, 0.15) is 49.6 Å². The van der Waals surface area contributed by atoms with Gasteiger partial charge in [-0.3, -0.25) is 4.79 Å². The molecule has 2 heterocycles. The third-order valence-corrected chi connectivity index (χ3v) is 5.71. The number of aromatic nitrogens is 2. The van der Waals surface area contributed by atoms with E-state index in [1.807, 2.05) is 30.3 Å². The highest BCUT2D eigenvalue weighted by Gasteiger charge is 2.33. The zero-order valence-corrected chi connectivity index (χ0v) is 16.9. The molecular formula is C22H23ClN4O2. The van der Waals surface area contributed by atoms with Gasteiger partial charge in [-0.15, -0.1) is 0 Å². The molecule has 1 aromatic carbocycles. The predicted octanol–water partition coefficient (Wildman–Crippen LogP) is 4.43. The first kappa shape index (κ1) is 18.4. The van der Waals surface area contributed by atoms with Crippen LogP contribution in [0.5, 0.6) is 0 Å². The van der Waals surface area contributed by atoms with Crippen molar-refractivity contribution in [2.45, 2.75) is 50.6 Å². The number of nitrogens with zero attached hydrogens (tertiary/aromatic N) is 3. The van der Waals surface area contributed by atoms with E-state index in [2.05, 4.69) is 10.2 Å². The predicted molar refractivity (Wildman–Crippen MR) is 112 cm³/mol. The lowest BCUT2D eigenvalue weighted by Crippen LogP contribution is -2.33. The number of hydrogen-bond donors (Lipinski definition) is 1. The van der Waals surface area contributed by atoms with Gasteiger partial charge in [0.15, 0.2) is 0 Å². The Hall–Kier alpha value is -2.60. The van der Waals surface area contributed by atoms with Crippen molar-refractivity contribution in [1.82, 2.24) is 15.3 Å². The van der Waals surface area contributed by atoms with Gasteiger partial charge in [0.25, 0.3) is 0 Å².